The predicted octanol–water partition coefficient (Wildman–Crippen LogP) is 1.43. The Kier molecular flexibility index (Phi) is 2.43. The zero-order valence-corrected chi connectivity index (χ0v) is 10.4. The van der Waals surface area contributed by atoms with Crippen molar-refractivity contribution in [2.45, 2.75) is 25.7 Å². The van der Waals surface area contributed by atoms with Crippen molar-refractivity contribution in [1.82, 2.24) is 19.7 Å². The van der Waals surface area contributed by atoms with E-state index in [1.165, 1.54) is 6.07 Å². The summed E-state index contributed by atoms with van der Waals surface area (Å²) in [5, 5.41) is 7.38. The molecule has 0 aromatic carbocycles. The van der Waals surface area contributed by atoms with Crippen molar-refractivity contribution >= 4 is 11.5 Å². The number of rotatable bonds is 3. The Morgan fingerprint density at radius 2 is 2.28 bits per heavy atom. The van der Waals surface area contributed by atoms with E-state index in [1.807, 2.05) is 20.2 Å². The maximum Gasteiger partial charge on any atom is 0.252 e. The first-order valence-electron chi connectivity index (χ1n) is 6.00. The van der Waals surface area contributed by atoms with Crippen LogP contribution in [0.1, 0.15) is 30.3 Å². The average molecular weight is 245 g/mol. The first-order valence-corrected chi connectivity index (χ1v) is 6.00. The van der Waals surface area contributed by atoms with E-state index in [-0.39, 0.29) is 5.56 Å². The summed E-state index contributed by atoms with van der Waals surface area (Å²) < 4.78 is 1.73. The highest BCUT2D eigenvalue weighted by atomic mass is 16.1. The normalized spacial score (nSPS) is 14.8. The number of anilines is 2. The number of aromatic nitrogens is 4. The van der Waals surface area contributed by atoms with E-state index < -0.39 is 0 Å². The first kappa shape index (κ1) is 11.0. The van der Waals surface area contributed by atoms with Crippen LogP contribution in [0.3, 0.4) is 0 Å². The van der Waals surface area contributed by atoms with Gasteiger partial charge < -0.3 is 10.3 Å². The lowest BCUT2D eigenvalue weighted by Crippen LogP contribution is -2.11. The lowest BCUT2D eigenvalue weighted by Gasteiger charge is -2.05. The van der Waals surface area contributed by atoms with Crippen molar-refractivity contribution in [3.05, 3.63) is 34.1 Å². The van der Waals surface area contributed by atoms with Crippen molar-refractivity contribution in [1.29, 1.82) is 0 Å². The summed E-state index contributed by atoms with van der Waals surface area (Å²) >= 11 is 0. The van der Waals surface area contributed by atoms with Crippen LogP contribution in [0.2, 0.25) is 0 Å². The fraction of sp³-hybridized carbons (Fsp3) is 0.417. The van der Waals surface area contributed by atoms with Gasteiger partial charge in [0.05, 0.1) is 11.4 Å². The zero-order valence-electron chi connectivity index (χ0n) is 10.4. The Labute approximate surface area is 104 Å². The van der Waals surface area contributed by atoms with Crippen LogP contribution in [-0.2, 0) is 7.05 Å². The van der Waals surface area contributed by atoms with E-state index in [0.29, 0.717) is 11.7 Å². The van der Waals surface area contributed by atoms with Crippen LogP contribution in [0.15, 0.2) is 17.1 Å². The number of aromatic amines is 1. The van der Waals surface area contributed by atoms with Crippen LogP contribution in [-0.4, -0.2) is 19.7 Å². The number of hydrogen-bond acceptors (Lipinski definition) is 4. The molecular formula is C12H15N5O. The summed E-state index contributed by atoms with van der Waals surface area (Å²) in [6, 6.07) is 1.47. The Balaban J connectivity index is 1.92. The highest BCUT2D eigenvalue weighted by molar-refractivity contribution is 5.57. The average Bonchev–Trinajstić information content (AvgIpc) is 3.06. The Hall–Kier alpha value is -2.11. The molecule has 1 fully saturated rings. The van der Waals surface area contributed by atoms with Crippen molar-refractivity contribution < 1.29 is 0 Å². The third-order valence-electron chi connectivity index (χ3n) is 3.00. The summed E-state index contributed by atoms with van der Waals surface area (Å²) in [5.74, 6) is 1.79. The molecule has 1 aliphatic rings. The van der Waals surface area contributed by atoms with Gasteiger partial charge in [0, 0.05) is 25.2 Å². The van der Waals surface area contributed by atoms with Gasteiger partial charge in [0.2, 0.25) is 0 Å². The second-order valence-electron chi connectivity index (χ2n) is 4.72. The van der Waals surface area contributed by atoms with Gasteiger partial charge in [-0.1, -0.05) is 0 Å². The smallest absolute Gasteiger partial charge is 0.252 e. The number of hydrogen-bond donors (Lipinski definition) is 2. The molecule has 6 nitrogen and oxygen atoms in total. The highest BCUT2D eigenvalue weighted by Gasteiger charge is 2.26. The molecule has 0 spiro atoms. The first-order chi connectivity index (χ1) is 8.61. The molecule has 18 heavy (non-hydrogen) atoms. The second-order valence-corrected chi connectivity index (χ2v) is 4.72. The van der Waals surface area contributed by atoms with Crippen LogP contribution in [0, 0.1) is 6.92 Å². The van der Waals surface area contributed by atoms with Gasteiger partial charge in [0.1, 0.15) is 11.6 Å². The van der Waals surface area contributed by atoms with Gasteiger partial charge in [-0.15, -0.1) is 0 Å². The van der Waals surface area contributed by atoms with Crippen LogP contribution in [0.5, 0.6) is 0 Å². The monoisotopic (exact) mass is 245 g/mol. The topological polar surface area (TPSA) is 75.6 Å². The summed E-state index contributed by atoms with van der Waals surface area (Å²) in [4.78, 5) is 18.8. The summed E-state index contributed by atoms with van der Waals surface area (Å²) in [7, 11) is 1.86. The zero-order chi connectivity index (χ0) is 12.7. The van der Waals surface area contributed by atoms with Gasteiger partial charge in [-0.3, -0.25) is 9.48 Å². The quantitative estimate of drug-likeness (QED) is 0.857. The van der Waals surface area contributed by atoms with E-state index in [4.69, 9.17) is 0 Å². The van der Waals surface area contributed by atoms with Gasteiger partial charge >= 0.3 is 0 Å². The van der Waals surface area contributed by atoms with Crippen molar-refractivity contribution in [2.24, 2.45) is 7.05 Å². The predicted molar refractivity (Wildman–Crippen MR) is 68.1 cm³/mol. The van der Waals surface area contributed by atoms with E-state index in [2.05, 4.69) is 20.4 Å². The molecule has 0 unspecified atom stereocenters. The molecule has 0 amide bonds. The lowest BCUT2D eigenvalue weighted by atomic mass is 10.3. The molecule has 94 valence electrons. The minimum atomic E-state index is -0.115. The van der Waals surface area contributed by atoms with Gasteiger partial charge in [0.25, 0.3) is 5.56 Å². The minimum Gasteiger partial charge on any atom is -0.337 e. The fourth-order valence-electron chi connectivity index (χ4n) is 1.95. The van der Waals surface area contributed by atoms with Gasteiger partial charge in [-0.25, -0.2) is 4.98 Å². The Morgan fingerprint density at radius 1 is 1.50 bits per heavy atom. The summed E-state index contributed by atoms with van der Waals surface area (Å²) in [6.45, 7) is 1.91. The highest BCUT2D eigenvalue weighted by Crippen LogP contribution is 2.37. The molecule has 6 heteroatoms. The molecule has 2 aromatic heterocycles. The van der Waals surface area contributed by atoms with Gasteiger partial charge in [-0.2, -0.15) is 5.10 Å². The third kappa shape index (κ3) is 2.13. The van der Waals surface area contributed by atoms with Gasteiger partial charge in [0.15, 0.2) is 0 Å². The summed E-state index contributed by atoms with van der Waals surface area (Å²) in [5.41, 5.74) is 1.64. The van der Waals surface area contributed by atoms with Crippen LogP contribution >= 0.6 is 0 Å². The SMILES string of the molecule is Cc1nn(C)cc1Nc1cc(=O)[nH]c(C2CC2)n1. The number of nitrogens with one attached hydrogen (secondary N) is 2. The van der Waals surface area contributed by atoms with E-state index >= 15 is 0 Å². The maximum atomic E-state index is 11.6. The molecule has 2 aromatic rings. The molecule has 0 saturated heterocycles. The third-order valence-corrected chi connectivity index (χ3v) is 3.00. The largest absolute Gasteiger partial charge is 0.337 e. The fourth-order valence-corrected chi connectivity index (χ4v) is 1.95. The Morgan fingerprint density at radius 3 is 2.89 bits per heavy atom. The van der Waals surface area contributed by atoms with Crippen LogP contribution < -0.4 is 10.9 Å². The minimum absolute atomic E-state index is 0.115. The number of aryl methyl sites for hydroxylation is 2. The van der Waals surface area contributed by atoms with Gasteiger partial charge in [-0.05, 0) is 19.8 Å². The standard InChI is InChI=1S/C12H15N5O/c1-7-9(6-17(2)16-7)13-10-5-11(18)15-12(14-10)8-3-4-8/h5-6,8H,3-4H2,1-2H3,(H2,13,14,15,18). The molecule has 0 atom stereocenters. The summed E-state index contributed by atoms with van der Waals surface area (Å²) in [6.07, 6.45) is 4.09. The number of H-pyrrole nitrogens is 1. The molecule has 2 heterocycles. The van der Waals surface area contributed by atoms with E-state index in [1.54, 1.807) is 4.68 Å². The molecule has 3 rings (SSSR count). The van der Waals surface area contributed by atoms with Crippen molar-refractivity contribution in [2.75, 3.05) is 5.32 Å². The second kappa shape index (κ2) is 3.97. The Bertz CT molecular complexity index is 638. The van der Waals surface area contributed by atoms with Crippen molar-refractivity contribution in [3.63, 3.8) is 0 Å². The molecular weight excluding hydrogens is 230 g/mol. The van der Waals surface area contributed by atoms with Crippen LogP contribution in [0.25, 0.3) is 0 Å². The van der Waals surface area contributed by atoms with Crippen molar-refractivity contribution in [3.8, 4) is 0 Å². The number of nitrogens with zero attached hydrogens (tertiary/aromatic N) is 3. The van der Waals surface area contributed by atoms with E-state index in [0.717, 1.165) is 30.0 Å². The maximum absolute atomic E-state index is 11.6. The molecule has 1 saturated carbocycles. The molecule has 0 aliphatic heterocycles. The molecule has 1 aliphatic carbocycles. The molecule has 0 radical (unpaired) electrons. The molecule has 0 bridgehead atoms. The molecule has 2 N–H and O–H groups in total. The van der Waals surface area contributed by atoms with E-state index in [9.17, 15) is 4.79 Å². The van der Waals surface area contributed by atoms with Crippen LogP contribution in [0.4, 0.5) is 11.5 Å². The lowest BCUT2D eigenvalue weighted by molar-refractivity contribution is 0.756.